The Morgan fingerprint density at radius 2 is 1.79 bits per heavy atom. The lowest BCUT2D eigenvalue weighted by Gasteiger charge is -2.32. The zero-order valence-corrected chi connectivity index (χ0v) is 19.2. The van der Waals surface area contributed by atoms with Gasteiger partial charge in [-0.2, -0.15) is 5.10 Å². The van der Waals surface area contributed by atoms with Crippen molar-refractivity contribution in [1.29, 1.82) is 0 Å². The fourth-order valence-corrected chi connectivity index (χ4v) is 4.64. The van der Waals surface area contributed by atoms with Gasteiger partial charge in [0.15, 0.2) is 0 Å². The van der Waals surface area contributed by atoms with Crippen LogP contribution >= 0.6 is 0 Å². The van der Waals surface area contributed by atoms with Gasteiger partial charge in [-0.3, -0.25) is 9.48 Å². The monoisotopic (exact) mass is 462 g/mol. The SMILES string of the molecule is CCc1nc(C(=O)N2CCc3c(nn(C)c3-c3cc(F)cc(F)c3)C2C)nn1-c1ccccc1. The maximum absolute atomic E-state index is 13.9. The third-order valence-electron chi connectivity index (χ3n) is 6.22. The van der Waals surface area contributed by atoms with E-state index in [1.54, 1.807) is 21.3 Å². The van der Waals surface area contributed by atoms with E-state index in [0.29, 0.717) is 42.2 Å². The van der Waals surface area contributed by atoms with E-state index in [-0.39, 0.29) is 17.8 Å². The van der Waals surface area contributed by atoms with Gasteiger partial charge in [-0.05, 0) is 37.6 Å². The van der Waals surface area contributed by atoms with Gasteiger partial charge in [-0.1, -0.05) is 25.1 Å². The van der Waals surface area contributed by atoms with Crippen molar-refractivity contribution >= 4 is 5.91 Å². The summed E-state index contributed by atoms with van der Waals surface area (Å²) in [6.07, 6.45) is 1.13. The molecule has 0 spiro atoms. The predicted molar refractivity (Wildman–Crippen MR) is 122 cm³/mol. The molecule has 0 N–H and O–H groups in total. The Balaban J connectivity index is 1.48. The minimum Gasteiger partial charge on any atom is -0.327 e. The van der Waals surface area contributed by atoms with E-state index >= 15 is 0 Å². The second-order valence-corrected chi connectivity index (χ2v) is 8.37. The van der Waals surface area contributed by atoms with Gasteiger partial charge in [0, 0.05) is 37.2 Å². The highest BCUT2D eigenvalue weighted by Gasteiger charge is 2.35. The molecule has 3 heterocycles. The Morgan fingerprint density at radius 1 is 1.09 bits per heavy atom. The van der Waals surface area contributed by atoms with Gasteiger partial charge in [-0.15, -0.1) is 5.10 Å². The first-order chi connectivity index (χ1) is 16.4. The molecule has 1 aliphatic heterocycles. The summed E-state index contributed by atoms with van der Waals surface area (Å²) < 4.78 is 31.1. The predicted octanol–water partition coefficient (Wildman–Crippen LogP) is 4.27. The molecule has 7 nitrogen and oxygen atoms in total. The number of para-hydroxylation sites is 1. The number of nitrogens with zero attached hydrogens (tertiary/aromatic N) is 6. The maximum atomic E-state index is 13.9. The van der Waals surface area contributed by atoms with Crippen molar-refractivity contribution in [1.82, 2.24) is 29.4 Å². The quantitative estimate of drug-likeness (QED) is 0.454. The van der Waals surface area contributed by atoms with Crippen molar-refractivity contribution in [2.75, 3.05) is 6.54 Å². The van der Waals surface area contributed by atoms with Crippen LogP contribution in [0.1, 0.15) is 47.6 Å². The van der Waals surface area contributed by atoms with Crippen LogP contribution in [0.5, 0.6) is 0 Å². The topological polar surface area (TPSA) is 68.8 Å². The van der Waals surface area contributed by atoms with Crippen molar-refractivity contribution in [3.8, 4) is 16.9 Å². The summed E-state index contributed by atoms with van der Waals surface area (Å²) in [6, 6.07) is 12.7. The zero-order valence-electron chi connectivity index (χ0n) is 19.2. The molecule has 1 atom stereocenters. The summed E-state index contributed by atoms with van der Waals surface area (Å²) in [5.41, 5.74) is 3.53. The second kappa shape index (κ2) is 8.48. The molecule has 0 aliphatic carbocycles. The molecule has 0 fully saturated rings. The Kier molecular flexibility index (Phi) is 5.47. The zero-order chi connectivity index (χ0) is 24.0. The van der Waals surface area contributed by atoms with Crippen LogP contribution in [0.25, 0.3) is 16.9 Å². The van der Waals surface area contributed by atoms with E-state index in [0.717, 1.165) is 17.3 Å². The molecule has 0 saturated carbocycles. The Labute approximate surface area is 195 Å². The average Bonchev–Trinajstić information content (AvgIpc) is 3.40. The number of carbonyl (C=O) groups excluding carboxylic acids is 1. The molecule has 34 heavy (non-hydrogen) atoms. The molecule has 1 aliphatic rings. The van der Waals surface area contributed by atoms with E-state index in [4.69, 9.17) is 0 Å². The van der Waals surface area contributed by atoms with Crippen molar-refractivity contribution in [2.45, 2.75) is 32.7 Å². The van der Waals surface area contributed by atoms with Gasteiger partial charge >= 0.3 is 0 Å². The van der Waals surface area contributed by atoms with Crippen molar-refractivity contribution < 1.29 is 13.6 Å². The molecule has 5 rings (SSSR count). The van der Waals surface area contributed by atoms with Gasteiger partial charge < -0.3 is 4.90 Å². The van der Waals surface area contributed by atoms with Gasteiger partial charge in [-0.25, -0.2) is 18.4 Å². The van der Waals surface area contributed by atoms with Crippen molar-refractivity contribution in [3.05, 3.63) is 83.1 Å². The normalized spacial score (nSPS) is 15.4. The van der Waals surface area contributed by atoms with Crippen molar-refractivity contribution in [3.63, 3.8) is 0 Å². The Hall–Kier alpha value is -3.88. The van der Waals surface area contributed by atoms with Crippen LogP contribution < -0.4 is 0 Å². The lowest BCUT2D eigenvalue weighted by molar-refractivity contribution is 0.0661. The molecular weight excluding hydrogens is 438 g/mol. The van der Waals surface area contributed by atoms with Crippen LogP contribution in [0.3, 0.4) is 0 Å². The number of carbonyl (C=O) groups is 1. The summed E-state index contributed by atoms with van der Waals surface area (Å²) in [4.78, 5) is 19.7. The van der Waals surface area contributed by atoms with Crippen molar-refractivity contribution in [2.24, 2.45) is 7.05 Å². The summed E-state index contributed by atoms with van der Waals surface area (Å²) in [7, 11) is 1.74. The average molecular weight is 463 g/mol. The molecule has 0 radical (unpaired) electrons. The lowest BCUT2D eigenvalue weighted by Crippen LogP contribution is -2.39. The van der Waals surface area contributed by atoms with Crippen LogP contribution in [0.2, 0.25) is 0 Å². The number of halogens is 2. The van der Waals surface area contributed by atoms with E-state index < -0.39 is 11.6 Å². The van der Waals surface area contributed by atoms with E-state index in [1.807, 2.05) is 44.2 Å². The highest BCUT2D eigenvalue weighted by Crippen LogP contribution is 2.36. The molecule has 174 valence electrons. The number of hydrogen-bond acceptors (Lipinski definition) is 4. The second-order valence-electron chi connectivity index (χ2n) is 8.37. The van der Waals surface area contributed by atoms with Gasteiger partial charge in [0.05, 0.1) is 23.1 Å². The molecule has 9 heteroatoms. The number of aryl methyl sites for hydroxylation is 2. The summed E-state index contributed by atoms with van der Waals surface area (Å²) >= 11 is 0. The maximum Gasteiger partial charge on any atom is 0.294 e. The molecule has 2 aromatic carbocycles. The first-order valence-electron chi connectivity index (χ1n) is 11.2. The standard InChI is InChI=1S/C25H24F2N6O/c1-4-21-28-24(30-33(21)19-8-6-5-7-9-19)25(34)32-11-10-20-22(15(32)2)29-31(3)23(20)16-12-17(26)14-18(27)13-16/h5-9,12-15H,4,10-11H2,1-3H3. The van der Waals surface area contributed by atoms with Gasteiger partial charge in [0.25, 0.3) is 5.91 Å². The fraction of sp³-hybridized carbons (Fsp3) is 0.280. The highest BCUT2D eigenvalue weighted by molar-refractivity contribution is 5.91. The summed E-state index contributed by atoms with van der Waals surface area (Å²) in [6.45, 7) is 4.29. The number of fused-ring (bicyclic) bond motifs is 1. The summed E-state index contributed by atoms with van der Waals surface area (Å²) in [5, 5.41) is 9.12. The first-order valence-corrected chi connectivity index (χ1v) is 11.2. The molecular formula is C25H24F2N6O. The van der Waals surface area contributed by atoms with Crippen LogP contribution in [0.4, 0.5) is 8.78 Å². The Bertz CT molecular complexity index is 1360. The van der Waals surface area contributed by atoms with Gasteiger partial charge in [0.1, 0.15) is 17.5 Å². The number of aromatic nitrogens is 5. The van der Waals surface area contributed by atoms with E-state index in [2.05, 4.69) is 15.2 Å². The minimum atomic E-state index is -0.641. The van der Waals surface area contributed by atoms with Crippen LogP contribution in [0, 0.1) is 11.6 Å². The smallest absolute Gasteiger partial charge is 0.294 e. The third-order valence-corrected chi connectivity index (χ3v) is 6.22. The molecule has 0 bridgehead atoms. The fourth-order valence-electron chi connectivity index (χ4n) is 4.64. The molecule has 4 aromatic rings. The van der Waals surface area contributed by atoms with E-state index in [1.165, 1.54) is 12.1 Å². The van der Waals surface area contributed by atoms with E-state index in [9.17, 15) is 13.6 Å². The highest BCUT2D eigenvalue weighted by atomic mass is 19.1. The number of rotatable bonds is 4. The minimum absolute atomic E-state index is 0.138. The summed E-state index contributed by atoms with van der Waals surface area (Å²) in [5.74, 6) is -0.714. The molecule has 2 aromatic heterocycles. The Morgan fingerprint density at radius 3 is 2.47 bits per heavy atom. The third kappa shape index (κ3) is 3.67. The largest absolute Gasteiger partial charge is 0.327 e. The van der Waals surface area contributed by atoms with Gasteiger partial charge in [0.2, 0.25) is 5.82 Å². The first kappa shape index (κ1) is 21.9. The molecule has 1 amide bonds. The van der Waals surface area contributed by atoms with Crippen LogP contribution in [0.15, 0.2) is 48.5 Å². The van der Waals surface area contributed by atoms with Crippen LogP contribution in [-0.2, 0) is 19.9 Å². The number of hydrogen-bond donors (Lipinski definition) is 0. The molecule has 0 saturated heterocycles. The number of amides is 1. The lowest BCUT2D eigenvalue weighted by atomic mass is 9.95. The van der Waals surface area contributed by atoms with Crippen LogP contribution in [-0.4, -0.2) is 41.9 Å². The number of benzene rings is 2. The molecule has 1 unspecified atom stereocenters.